The van der Waals surface area contributed by atoms with Gasteiger partial charge in [0.25, 0.3) is 0 Å². The van der Waals surface area contributed by atoms with Gasteiger partial charge in [0.2, 0.25) is 11.8 Å². The molecule has 10 nitrogen and oxygen atoms in total. The molecular weight excluding hydrogens is 675 g/mol. The standard InChI is InChI=1S/C41H46F2N8O2/c1-25(2)50-24-45-33-19-32(47-36(35(33)50)46-31-8-11-44-20-30(31)42)26-6-7-29-34(16-26)51(28-17-27(18-28)48-12-4-3-5-13-48)38(53)41(29)9-14-49(15-10-41)37(52)39-21-40(43,22-39)23-39/h6-8,11,16,19-20,24-25,27-28H,3-5,9-10,12-15,17-18,21-23H2,1-2H3,(H,44,46,47)/t27-,28+,39?,40?. The lowest BCUT2D eigenvalue weighted by molar-refractivity contribution is -0.222. The van der Waals surface area contributed by atoms with Crippen molar-refractivity contribution in [1.82, 2.24) is 29.3 Å². The van der Waals surface area contributed by atoms with Crippen LogP contribution in [0.4, 0.5) is 26.0 Å². The zero-order valence-corrected chi connectivity index (χ0v) is 30.5. The third-order valence-corrected chi connectivity index (χ3v) is 13.5. The second-order valence-electron chi connectivity index (χ2n) is 17.1. The summed E-state index contributed by atoms with van der Waals surface area (Å²) >= 11 is 0. The van der Waals surface area contributed by atoms with E-state index in [1.807, 2.05) is 21.6 Å². The molecule has 3 aliphatic heterocycles. The van der Waals surface area contributed by atoms with Gasteiger partial charge in [0.1, 0.15) is 11.2 Å². The van der Waals surface area contributed by atoms with E-state index in [1.54, 1.807) is 18.6 Å². The molecule has 4 aliphatic carbocycles. The zero-order valence-electron chi connectivity index (χ0n) is 30.5. The van der Waals surface area contributed by atoms with Gasteiger partial charge in [-0.05, 0) is 108 Å². The molecule has 11 rings (SSSR count). The molecule has 4 aromatic rings. The Morgan fingerprint density at radius 2 is 1.74 bits per heavy atom. The maximum absolute atomic E-state index is 14.9. The summed E-state index contributed by atoms with van der Waals surface area (Å²) in [5.41, 5.74) is 2.90. The maximum atomic E-state index is 14.9. The van der Waals surface area contributed by atoms with Gasteiger partial charge in [-0.15, -0.1) is 0 Å². The van der Waals surface area contributed by atoms with E-state index < -0.39 is 22.3 Å². The van der Waals surface area contributed by atoms with Gasteiger partial charge in [-0.1, -0.05) is 18.6 Å². The molecule has 1 spiro atoms. The minimum absolute atomic E-state index is 0.0746. The molecule has 6 fully saturated rings. The second kappa shape index (κ2) is 11.8. The van der Waals surface area contributed by atoms with Crippen LogP contribution in [0, 0.1) is 11.2 Å². The van der Waals surface area contributed by atoms with E-state index in [9.17, 15) is 18.4 Å². The van der Waals surface area contributed by atoms with E-state index in [0.29, 0.717) is 62.7 Å². The molecular formula is C41H46F2N8O2. The number of aromatic nitrogens is 4. The van der Waals surface area contributed by atoms with Gasteiger partial charge in [-0.25, -0.2) is 18.7 Å². The van der Waals surface area contributed by atoms with Crippen LogP contribution in [0.2, 0.25) is 0 Å². The molecule has 0 atom stereocenters. The van der Waals surface area contributed by atoms with Crippen LogP contribution in [0.25, 0.3) is 22.3 Å². The van der Waals surface area contributed by atoms with Gasteiger partial charge in [0, 0.05) is 48.7 Å². The van der Waals surface area contributed by atoms with Crippen LogP contribution < -0.4 is 10.2 Å². The normalized spacial score (nSPS) is 28.9. The Balaban J connectivity index is 1.01. The second-order valence-corrected chi connectivity index (χ2v) is 17.1. The molecule has 0 radical (unpaired) electrons. The molecule has 53 heavy (non-hydrogen) atoms. The quantitative estimate of drug-likeness (QED) is 0.218. The number of piperidine rings is 2. The lowest BCUT2D eigenvalue weighted by Crippen LogP contribution is -2.71. The predicted molar refractivity (Wildman–Crippen MR) is 198 cm³/mol. The van der Waals surface area contributed by atoms with E-state index in [1.165, 1.54) is 25.5 Å². The van der Waals surface area contributed by atoms with E-state index in [0.717, 1.165) is 53.8 Å². The van der Waals surface area contributed by atoms with Crippen LogP contribution in [0.15, 0.2) is 49.1 Å². The van der Waals surface area contributed by atoms with Gasteiger partial charge in [0.15, 0.2) is 11.6 Å². The van der Waals surface area contributed by atoms with Crippen molar-refractivity contribution in [3.8, 4) is 11.3 Å². The van der Waals surface area contributed by atoms with Crippen LogP contribution in [0.3, 0.4) is 0 Å². The van der Waals surface area contributed by atoms with Crippen LogP contribution >= 0.6 is 0 Å². The molecule has 2 saturated heterocycles. The third-order valence-electron chi connectivity index (χ3n) is 13.5. The topological polar surface area (TPSA) is 99.5 Å². The van der Waals surface area contributed by atoms with Gasteiger partial charge in [-0.3, -0.25) is 14.6 Å². The first-order valence-corrected chi connectivity index (χ1v) is 19.5. The van der Waals surface area contributed by atoms with Crippen molar-refractivity contribution < 1.29 is 18.4 Å². The molecule has 1 aromatic carbocycles. The highest BCUT2D eigenvalue weighted by Gasteiger charge is 2.73. The lowest BCUT2D eigenvalue weighted by atomic mass is 9.42. The van der Waals surface area contributed by atoms with Crippen LogP contribution in [-0.4, -0.2) is 85.1 Å². The third kappa shape index (κ3) is 4.99. The first kappa shape index (κ1) is 33.1. The highest BCUT2D eigenvalue weighted by Crippen LogP contribution is 2.70. The van der Waals surface area contributed by atoms with Gasteiger partial charge >= 0.3 is 0 Å². The summed E-state index contributed by atoms with van der Waals surface area (Å²) in [6.45, 7) is 7.40. The summed E-state index contributed by atoms with van der Waals surface area (Å²) in [7, 11) is 0. The Kier molecular flexibility index (Phi) is 7.36. The molecule has 2 bridgehead atoms. The summed E-state index contributed by atoms with van der Waals surface area (Å²) in [5.74, 6) is 0.223. The molecule has 3 aromatic heterocycles. The van der Waals surface area contributed by atoms with Gasteiger partial charge in [0.05, 0.1) is 40.3 Å². The fraction of sp³-hybridized carbons (Fsp3) is 0.537. The van der Waals surface area contributed by atoms with Crippen molar-refractivity contribution in [2.75, 3.05) is 36.4 Å². The Morgan fingerprint density at radius 1 is 0.981 bits per heavy atom. The minimum atomic E-state index is -1.13. The first-order chi connectivity index (χ1) is 25.6. The van der Waals surface area contributed by atoms with Crippen LogP contribution in [0.5, 0.6) is 0 Å². The maximum Gasteiger partial charge on any atom is 0.238 e. The van der Waals surface area contributed by atoms with E-state index in [-0.39, 0.29) is 29.6 Å². The summed E-state index contributed by atoms with van der Waals surface area (Å²) in [6.07, 6.45) is 12.3. The number of halogens is 2. The van der Waals surface area contributed by atoms with E-state index >= 15 is 0 Å². The molecule has 2 amide bonds. The highest BCUT2D eigenvalue weighted by atomic mass is 19.1. The number of fused-ring (bicyclic) bond motifs is 3. The monoisotopic (exact) mass is 720 g/mol. The number of alkyl halides is 1. The Morgan fingerprint density at radius 3 is 2.43 bits per heavy atom. The average molecular weight is 721 g/mol. The molecule has 0 unspecified atom stereocenters. The van der Waals surface area contributed by atoms with Crippen molar-refractivity contribution in [2.45, 2.75) is 107 Å². The summed E-state index contributed by atoms with van der Waals surface area (Å²) in [5, 5.41) is 3.22. The number of benzene rings is 1. The van der Waals surface area contributed by atoms with Crippen molar-refractivity contribution in [1.29, 1.82) is 0 Å². The largest absolute Gasteiger partial charge is 0.342 e. The molecule has 7 aliphatic rings. The van der Waals surface area contributed by atoms with Crippen molar-refractivity contribution in [3.05, 3.63) is 60.4 Å². The number of hydrogen-bond acceptors (Lipinski definition) is 7. The number of nitrogens with zero attached hydrogens (tertiary/aromatic N) is 7. The van der Waals surface area contributed by atoms with Crippen LogP contribution in [-0.2, 0) is 15.0 Å². The van der Waals surface area contributed by atoms with Gasteiger partial charge in [-0.2, -0.15) is 0 Å². The molecule has 4 saturated carbocycles. The first-order valence-electron chi connectivity index (χ1n) is 19.5. The Bertz CT molecular complexity index is 2130. The fourth-order valence-corrected chi connectivity index (χ4v) is 10.6. The average Bonchev–Trinajstić information content (AvgIpc) is 3.65. The number of rotatable bonds is 7. The molecule has 6 heterocycles. The number of anilines is 3. The van der Waals surface area contributed by atoms with Gasteiger partial charge < -0.3 is 24.6 Å². The number of carbonyl (C=O) groups excluding carboxylic acids is 2. The Labute approximate surface area is 308 Å². The number of carbonyl (C=O) groups is 2. The van der Waals surface area contributed by atoms with Crippen molar-refractivity contribution in [2.24, 2.45) is 5.41 Å². The number of nitrogens with one attached hydrogen (secondary N) is 1. The lowest BCUT2D eigenvalue weighted by Gasteiger charge is -2.65. The number of hydrogen-bond donors (Lipinski definition) is 1. The number of pyridine rings is 2. The summed E-state index contributed by atoms with van der Waals surface area (Å²) in [6, 6.07) is 10.5. The number of likely N-dealkylation sites (tertiary alicyclic amines) is 2. The number of imidazole rings is 1. The fourth-order valence-electron chi connectivity index (χ4n) is 10.6. The Hall–Kier alpha value is -4.45. The minimum Gasteiger partial charge on any atom is -0.342 e. The van der Waals surface area contributed by atoms with Crippen molar-refractivity contribution in [3.63, 3.8) is 0 Å². The molecule has 12 heteroatoms. The predicted octanol–water partition coefficient (Wildman–Crippen LogP) is 7.07. The summed E-state index contributed by atoms with van der Waals surface area (Å²) in [4.78, 5) is 48.8. The summed E-state index contributed by atoms with van der Waals surface area (Å²) < 4.78 is 31.2. The zero-order chi connectivity index (χ0) is 36.3. The SMILES string of the molecule is CC(C)n1cnc2cc(-c3ccc4c(c3)N([C@H]3C[C@@H](N5CCCCC5)C3)C(=O)C43CCN(C(=O)C45CC(F)(C4)C5)CC3)nc(Nc3ccncc3F)c21. The van der Waals surface area contributed by atoms with E-state index in [4.69, 9.17) is 9.97 Å². The van der Waals surface area contributed by atoms with E-state index in [2.05, 4.69) is 46.1 Å². The van der Waals surface area contributed by atoms with Crippen LogP contribution in [0.1, 0.15) is 89.7 Å². The molecule has 1 N–H and O–H groups in total. The number of amides is 2. The highest BCUT2D eigenvalue weighted by molar-refractivity contribution is 6.09. The smallest absolute Gasteiger partial charge is 0.238 e. The van der Waals surface area contributed by atoms with Crippen molar-refractivity contribution >= 4 is 40.0 Å². The molecule has 276 valence electrons.